The largest absolute Gasteiger partial charge is 0.451 e. The zero-order valence-electron chi connectivity index (χ0n) is 14.1. The van der Waals surface area contributed by atoms with E-state index in [4.69, 9.17) is 4.74 Å². The molecule has 7 heteroatoms. The molecule has 0 aliphatic carbocycles. The molecule has 0 aliphatic heterocycles. The molecule has 1 aromatic heterocycles. The Morgan fingerprint density at radius 2 is 1.88 bits per heavy atom. The summed E-state index contributed by atoms with van der Waals surface area (Å²) < 4.78 is 5.10. The van der Waals surface area contributed by atoms with Gasteiger partial charge in [0.2, 0.25) is 0 Å². The van der Waals surface area contributed by atoms with Crippen molar-refractivity contribution in [3.05, 3.63) is 58.3 Å². The molecule has 6 nitrogen and oxygen atoms in total. The summed E-state index contributed by atoms with van der Waals surface area (Å²) in [5.41, 5.74) is 0.986. The summed E-state index contributed by atoms with van der Waals surface area (Å²) in [6.45, 7) is 1.66. The summed E-state index contributed by atoms with van der Waals surface area (Å²) in [5, 5.41) is 4.24. The number of amides is 2. The molecule has 2 amide bonds. The Morgan fingerprint density at radius 3 is 2.52 bits per heavy atom. The third kappa shape index (κ3) is 5.72. The smallest absolute Gasteiger partial charge is 0.326 e. The van der Waals surface area contributed by atoms with Crippen molar-refractivity contribution < 1.29 is 19.1 Å². The summed E-state index contributed by atoms with van der Waals surface area (Å²) in [6, 6.07) is 12.9. The second kappa shape index (κ2) is 8.98. The third-order valence-electron chi connectivity index (χ3n) is 3.43. The number of hydrogen-bond donors (Lipinski definition) is 1. The minimum absolute atomic E-state index is 0.281. The van der Waals surface area contributed by atoms with E-state index in [1.807, 2.05) is 30.3 Å². The van der Waals surface area contributed by atoms with Crippen molar-refractivity contribution in [2.45, 2.75) is 19.6 Å². The number of nitrogens with one attached hydrogen (secondary N) is 1. The van der Waals surface area contributed by atoms with E-state index < -0.39 is 12.1 Å². The highest BCUT2D eigenvalue weighted by molar-refractivity contribution is 7.12. The van der Waals surface area contributed by atoms with Crippen molar-refractivity contribution in [1.29, 1.82) is 0 Å². The van der Waals surface area contributed by atoms with Crippen LogP contribution in [-0.2, 0) is 20.9 Å². The monoisotopic (exact) mass is 360 g/mol. The Morgan fingerprint density at radius 1 is 1.16 bits per heavy atom. The summed E-state index contributed by atoms with van der Waals surface area (Å²) in [5.74, 6) is -1.30. The van der Waals surface area contributed by atoms with Gasteiger partial charge in [-0.3, -0.25) is 14.4 Å². The van der Waals surface area contributed by atoms with Crippen molar-refractivity contribution in [2.24, 2.45) is 0 Å². The molecule has 1 atom stereocenters. The molecule has 0 saturated heterocycles. The van der Waals surface area contributed by atoms with E-state index >= 15 is 0 Å². The molecule has 1 heterocycles. The van der Waals surface area contributed by atoms with E-state index in [2.05, 4.69) is 5.32 Å². The number of hydrogen-bond acceptors (Lipinski definition) is 5. The zero-order chi connectivity index (χ0) is 18.2. The average molecular weight is 360 g/mol. The number of carbonyl (C=O) groups excluding carboxylic acids is 3. The van der Waals surface area contributed by atoms with Crippen LogP contribution in [0.3, 0.4) is 0 Å². The van der Waals surface area contributed by atoms with E-state index in [1.165, 1.54) is 23.2 Å². The number of likely N-dealkylation sites (N-methyl/N-ethyl adjacent to an activating group) is 1. The van der Waals surface area contributed by atoms with Gasteiger partial charge in [0.05, 0.1) is 4.88 Å². The van der Waals surface area contributed by atoms with Crippen molar-refractivity contribution in [3.63, 3.8) is 0 Å². The lowest BCUT2D eigenvalue weighted by atomic mass is 10.2. The molecule has 2 aromatic rings. The third-order valence-corrected chi connectivity index (χ3v) is 4.30. The number of ether oxygens (including phenoxy) is 1. The van der Waals surface area contributed by atoms with Crippen LogP contribution in [0, 0.1) is 0 Å². The van der Waals surface area contributed by atoms with Crippen molar-refractivity contribution in [2.75, 3.05) is 13.6 Å². The van der Waals surface area contributed by atoms with Gasteiger partial charge in [0.15, 0.2) is 6.10 Å². The first-order valence-corrected chi connectivity index (χ1v) is 8.65. The molecular formula is C18H20N2O4S. The predicted octanol–water partition coefficient (Wildman–Crippen LogP) is 2.07. The molecular weight excluding hydrogens is 340 g/mol. The highest BCUT2D eigenvalue weighted by Crippen LogP contribution is 2.08. The van der Waals surface area contributed by atoms with E-state index in [9.17, 15) is 14.4 Å². The Labute approximate surface area is 150 Å². The van der Waals surface area contributed by atoms with Gasteiger partial charge >= 0.3 is 5.97 Å². The molecule has 2 rings (SSSR count). The molecule has 0 radical (unpaired) electrons. The molecule has 132 valence electrons. The fourth-order valence-corrected chi connectivity index (χ4v) is 2.82. The molecule has 0 unspecified atom stereocenters. The van der Waals surface area contributed by atoms with Gasteiger partial charge in [-0.1, -0.05) is 36.4 Å². The van der Waals surface area contributed by atoms with Crippen LogP contribution in [0.1, 0.15) is 22.2 Å². The maximum absolute atomic E-state index is 12.3. The number of benzene rings is 1. The second-order valence-electron chi connectivity index (χ2n) is 5.47. The first-order valence-electron chi connectivity index (χ1n) is 7.77. The number of esters is 1. The summed E-state index contributed by atoms with van der Waals surface area (Å²) in [7, 11) is 1.65. The fraction of sp³-hybridized carbons (Fsp3) is 0.278. The Bertz CT molecular complexity index is 716. The van der Waals surface area contributed by atoms with E-state index in [-0.39, 0.29) is 18.4 Å². The predicted molar refractivity (Wildman–Crippen MR) is 95.1 cm³/mol. The van der Waals surface area contributed by atoms with E-state index in [0.717, 1.165) is 5.56 Å². The first-order chi connectivity index (χ1) is 12.0. The van der Waals surface area contributed by atoms with E-state index in [0.29, 0.717) is 11.4 Å². The minimum Gasteiger partial charge on any atom is -0.451 e. The summed E-state index contributed by atoms with van der Waals surface area (Å²) in [6.07, 6.45) is -0.917. The Kier molecular flexibility index (Phi) is 6.71. The zero-order valence-corrected chi connectivity index (χ0v) is 14.9. The average Bonchev–Trinajstić information content (AvgIpc) is 3.14. The van der Waals surface area contributed by atoms with Crippen molar-refractivity contribution >= 4 is 29.1 Å². The van der Waals surface area contributed by atoms with Gasteiger partial charge in [0.1, 0.15) is 6.54 Å². The molecule has 1 N–H and O–H groups in total. The van der Waals surface area contributed by atoms with Crippen LogP contribution < -0.4 is 5.32 Å². The number of carbonyl (C=O) groups is 3. The van der Waals surface area contributed by atoms with Crippen LogP contribution in [0.5, 0.6) is 0 Å². The molecule has 25 heavy (non-hydrogen) atoms. The van der Waals surface area contributed by atoms with Crippen molar-refractivity contribution in [1.82, 2.24) is 10.2 Å². The van der Waals surface area contributed by atoms with Crippen LogP contribution in [-0.4, -0.2) is 42.4 Å². The topological polar surface area (TPSA) is 75.7 Å². The minimum atomic E-state index is -0.917. The first kappa shape index (κ1) is 18.7. The van der Waals surface area contributed by atoms with Crippen LogP contribution in [0.4, 0.5) is 0 Å². The molecule has 0 saturated carbocycles. The van der Waals surface area contributed by atoms with Crippen LogP contribution in [0.2, 0.25) is 0 Å². The number of nitrogens with zero attached hydrogens (tertiary/aromatic N) is 1. The van der Waals surface area contributed by atoms with Gasteiger partial charge in [-0.25, -0.2) is 0 Å². The van der Waals surface area contributed by atoms with Crippen LogP contribution in [0.15, 0.2) is 47.8 Å². The molecule has 0 bridgehead atoms. The van der Waals surface area contributed by atoms with Gasteiger partial charge in [0.25, 0.3) is 11.8 Å². The highest BCUT2D eigenvalue weighted by atomic mass is 32.1. The molecule has 1 aromatic carbocycles. The fourth-order valence-electron chi connectivity index (χ4n) is 2.18. The van der Waals surface area contributed by atoms with Gasteiger partial charge < -0.3 is 15.0 Å². The lowest BCUT2D eigenvalue weighted by Crippen LogP contribution is -2.39. The molecule has 0 spiro atoms. The van der Waals surface area contributed by atoms with Gasteiger partial charge in [0, 0.05) is 13.6 Å². The van der Waals surface area contributed by atoms with Crippen molar-refractivity contribution in [3.8, 4) is 0 Å². The van der Waals surface area contributed by atoms with Gasteiger partial charge in [-0.2, -0.15) is 0 Å². The lowest BCUT2D eigenvalue weighted by molar-refractivity contribution is -0.157. The maximum Gasteiger partial charge on any atom is 0.326 e. The number of thiophene rings is 1. The standard InChI is InChI=1S/C18H20N2O4S/c1-13(18(23)20(2)12-14-7-4-3-5-8-14)24-16(21)11-19-17(22)15-9-6-10-25-15/h3-10,13H,11-12H2,1-2H3,(H,19,22)/t13-/m0/s1. The summed E-state index contributed by atoms with van der Waals surface area (Å²) in [4.78, 5) is 37.8. The maximum atomic E-state index is 12.3. The summed E-state index contributed by atoms with van der Waals surface area (Å²) >= 11 is 1.28. The lowest BCUT2D eigenvalue weighted by Gasteiger charge is -2.21. The Hall–Kier alpha value is -2.67. The van der Waals surface area contributed by atoms with Gasteiger partial charge in [-0.15, -0.1) is 11.3 Å². The Balaban J connectivity index is 1.77. The highest BCUT2D eigenvalue weighted by Gasteiger charge is 2.22. The molecule has 0 fully saturated rings. The van der Waals surface area contributed by atoms with E-state index in [1.54, 1.807) is 24.6 Å². The second-order valence-corrected chi connectivity index (χ2v) is 6.42. The quantitative estimate of drug-likeness (QED) is 0.767. The normalized spacial score (nSPS) is 11.4. The SMILES string of the molecule is C[C@H](OC(=O)CNC(=O)c1cccs1)C(=O)N(C)Cc1ccccc1. The molecule has 0 aliphatic rings. The van der Waals surface area contributed by atoms with Crippen LogP contribution >= 0.6 is 11.3 Å². The number of rotatable bonds is 7. The van der Waals surface area contributed by atoms with Crippen LogP contribution in [0.25, 0.3) is 0 Å². The van der Waals surface area contributed by atoms with Gasteiger partial charge in [-0.05, 0) is 23.9 Å².